The summed E-state index contributed by atoms with van der Waals surface area (Å²) in [5, 5.41) is 12.6. The molecule has 0 saturated carbocycles. The number of halogens is 1. The quantitative estimate of drug-likeness (QED) is 0.792. The molecule has 0 aromatic heterocycles. The average molecular weight is 412 g/mol. The average Bonchev–Trinajstić information content (AvgIpc) is 3.28. The lowest BCUT2D eigenvalue weighted by atomic mass is 10.1. The molecule has 146 valence electrons. The van der Waals surface area contributed by atoms with Gasteiger partial charge in [0.2, 0.25) is 5.91 Å². The summed E-state index contributed by atoms with van der Waals surface area (Å²) >= 11 is 5.94. The Morgan fingerprint density at radius 3 is 2.89 bits per heavy atom. The summed E-state index contributed by atoms with van der Waals surface area (Å²) in [6.07, 6.45) is 4.16. The van der Waals surface area contributed by atoms with Gasteiger partial charge < -0.3 is 9.64 Å². The molecule has 0 aliphatic carbocycles. The van der Waals surface area contributed by atoms with Gasteiger partial charge in [-0.15, -0.1) is 0 Å². The Morgan fingerprint density at radius 2 is 2.19 bits per heavy atom. The van der Waals surface area contributed by atoms with E-state index in [1.165, 1.54) is 12.1 Å². The topological polar surface area (TPSA) is 99.5 Å². The number of amides is 1. The van der Waals surface area contributed by atoms with Gasteiger partial charge >= 0.3 is 0 Å². The van der Waals surface area contributed by atoms with E-state index in [-0.39, 0.29) is 34.0 Å². The zero-order chi connectivity index (χ0) is 19.6. The highest BCUT2D eigenvalue weighted by Crippen LogP contribution is 2.27. The minimum atomic E-state index is -3.43. The lowest BCUT2D eigenvalue weighted by Gasteiger charge is -2.24. The van der Waals surface area contributed by atoms with Crippen LogP contribution in [0.5, 0.6) is 5.75 Å². The number of rotatable bonds is 5. The van der Waals surface area contributed by atoms with Crippen LogP contribution in [-0.2, 0) is 14.6 Å². The molecular formula is C18H22ClN3O4S. The number of carbonyl (C=O) groups is 1. The first-order chi connectivity index (χ1) is 12.8. The molecule has 2 aliphatic rings. The third kappa shape index (κ3) is 4.54. The lowest BCUT2D eigenvalue weighted by molar-refractivity contribution is -0.133. The van der Waals surface area contributed by atoms with Crippen LogP contribution in [0.4, 0.5) is 0 Å². The molecule has 2 saturated heterocycles. The first kappa shape index (κ1) is 19.9. The smallest absolute Gasteiger partial charge is 0.240 e. The highest BCUT2D eigenvalue weighted by molar-refractivity contribution is 7.90. The van der Waals surface area contributed by atoms with Gasteiger partial charge in [-0.3, -0.25) is 10.1 Å². The van der Waals surface area contributed by atoms with E-state index in [2.05, 4.69) is 11.4 Å². The van der Waals surface area contributed by atoms with Crippen LogP contribution < -0.4 is 10.1 Å². The minimum Gasteiger partial charge on any atom is -0.492 e. The van der Waals surface area contributed by atoms with Crippen molar-refractivity contribution >= 4 is 27.3 Å². The van der Waals surface area contributed by atoms with Gasteiger partial charge in [0.15, 0.2) is 9.84 Å². The highest BCUT2D eigenvalue weighted by Gasteiger charge is 2.36. The number of nitriles is 1. The van der Waals surface area contributed by atoms with Crippen LogP contribution in [-0.4, -0.2) is 56.8 Å². The second kappa shape index (κ2) is 8.05. The van der Waals surface area contributed by atoms with E-state index in [1.807, 2.05) is 0 Å². The van der Waals surface area contributed by atoms with Gasteiger partial charge in [-0.2, -0.15) is 5.26 Å². The maximum Gasteiger partial charge on any atom is 0.240 e. The predicted octanol–water partition coefficient (Wildman–Crippen LogP) is 1.76. The fourth-order valence-corrected chi connectivity index (χ4v) is 4.86. The molecule has 27 heavy (non-hydrogen) atoms. The fourth-order valence-electron chi connectivity index (χ4n) is 3.56. The molecular weight excluding hydrogens is 390 g/mol. The zero-order valence-corrected chi connectivity index (χ0v) is 16.6. The third-order valence-electron chi connectivity index (χ3n) is 4.98. The molecule has 2 fully saturated rings. The minimum absolute atomic E-state index is 0.0144. The van der Waals surface area contributed by atoms with Crippen molar-refractivity contribution in [2.75, 3.05) is 19.4 Å². The Balaban J connectivity index is 1.57. The number of hydrogen-bond donors (Lipinski definition) is 1. The number of carbonyl (C=O) groups excluding carboxylic acids is 1. The van der Waals surface area contributed by atoms with Crippen LogP contribution in [0.3, 0.4) is 0 Å². The van der Waals surface area contributed by atoms with Gasteiger partial charge in [0.25, 0.3) is 0 Å². The Morgan fingerprint density at radius 1 is 1.41 bits per heavy atom. The maximum absolute atomic E-state index is 12.6. The standard InChI is InChI=1S/C18H22ClN3O4S/c1-27(24,25)17-9-14(5-6-15(17)19)26-11-12-4-7-16(21-12)18(23)22-8-2-3-13(22)10-20/h5-6,9,12-13,16,21H,2-4,7-8,11H2,1H3/t12-,13+,16+/m1/s1. The first-order valence-corrected chi connectivity index (χ1v) is 11.1. The van der Waals surface area contributed by atoms with Crippen molar-refractivity contribution in [2.45, 2.75) is 48.7 Å². The Kier molecular flexibility index (Phi) is 5.94. The molecule has 2 aliphatic heterocycles. The molecule has 0 unspecified atom stereocenters. The Hall–Kier alpha value is -1.82. The Bertz CT molecular complexity index is 868. The Labute approximate surface area is 164 Å². The predicted molar refractivity (Wildman–Crippen MR) is 100 cm³/mol. The number of benzene rings is 1. The molecule has 3 rings (SSSR count). The van der Waals surface area contributed by atoms with E-state index < -0.39 is 9.84 Å². The van der Waals surface area contributed by atoms with E-state index in [0.29, 0.717) is 25.3 Å². The molecule has 0 bridgehead atoms. The molecule has 7 nitrogen and oxygen atoms in total. The van der Waals surface area contributed by atoms with Gasteiger partial charge in [-0.25, -0.2) is 8.42 Å². The lowest BCUT2D eigenvalue weighted by Crippen LogP contribution is -2.47. The molecule has 2 heterocycles. The number of nitrogens with zero attached hydrogens (tertiary/aromatic N) is 2. The summed E-state index contributed by atoms with van der Waals surface area (Å²) in [5.74, 6) is 0.396. The van der Waals surface area contributed by atoms with Crippen molar-refractivity contribution in [3.63, 3.8) is 0 Å². The van der Waals surface area contributed by atoms with Crippen molar-refractivity contribution in [1.29, 1.82) is 5.26 Å². The van der Waals surface area contributed by atoms with Crippen LogP contribution in [0.15, 0.2) is 23.1 Å². The van der Waals surface area contributed by atoms with Crippen LogP contribution >= 0.6 is 11.6 Å². The second-order valence-corrected chi connectivity index (χ2v) is 9.38. The zero-order valence-electron chi connectivity index (χ0n) is 15.0. The van der Waals surface area contributed by atoms with Crippen molar-refractivity contribution < 1.29 is 17.9 Å². The summed E-state index contributed by atoms with van der Waals surface area (Å²) in [4.78, 5) is 14.3. The third-order valence-corrected chi connectivity index (χ3v) is 6.56. The van der Waals surface area contributed by atoms with Crippen molar-refractivity contribution in [1.82, 2.24) is 10.2 Å². The number of nitrogens with one attached hydrogen (secondary N) is 1. The van der Waals surface area contributed by atoms with Crippen molar-refractivity contribution in [3.8, 4) is 11.8 Å². The van der Waals surface area contributed by atoms with E-state index in [1.54, 1.807) is 11.0 Å². The summed E-state index contributed by atoms with van der Waals surface area (Å²) in [5.41, 5.74) is 0. The fraction of sp³-hybridized carbons (Fsp3) is 0.556. The molecule has 9 heteroatoms. The molecule has 0 spiro atoms. The van der Waals surface area contributed by atoms with Gasteiger partial charge in [0.1, 0.15) is 18.4 Å². The van der Waals surface area contributed by atoms with E-state index in [0.717, 1.165) is 25.5 Å². The van der Waals surface area contributed by atoms with Gasteiger partial charge in [0.05, 0.1) is 22.0 Å². The number of sulfone groups is 1. The summed E-state index contributed by atoms with van der Waals surface area (Å²) in [6.45, 7) is 0.950. The van der Waals surface area contributed by atoms with Gasteiger partial charge in [-0.05, 0) is 37.8 Å². The molecule has 1 aromatic carbocycles. The van der Waals surface area contributed by atoms with Crippen LogP contribution in [0.1, 0.15) is 25.7 Å². The molecule has 1 amide bonds. The number of likely N-dealkylation sites (tertiary alicyclic amines) is 1. The number of hydrogen-bond acceptors (Lipinski definition) is 6. The summed E-state index contributed by atoms with van der Waals surface area (Å²) in [6, 6.07) is 6.09. The maximum atomic E-state index is 12.6. The monoisotopic (exact) mass is 411 g/mol. The molecule has 0 radical (unpaired) electrons. The normalized spacial score (nSPS) is 25.4. The van der Waals surface area contributed by atoms with E-state index >= 15 is 0 Å². The van der Waals surface area contributed by atoms with Gasteiger partial charge in [0, 0.05) is 24.9 Å². The summed E-state index contributed by atoms with van der Waals surface area (Å²) in [7, 11) is -3.43. The summed E-state index contributed by atoms with van der Waals surface area (Å²) < 4.78 is 29.2. The van der Waals surface area contributed by atoms with Crippen LogP contribution in [0.2, 0.25) is 5.02 Å². The van der Waals surface area contributed by atoms with Crippen LogP contribution in [0, 0.1) is 11.3 Å². The van der Waals surface area contributed by atoms with Crippen molar-refractivity contribution in [2.24, 2.45) is 0 Å². The van der Waals surface area contributed by atoms with E-state index in [9.17, 15) is 13.2 Å². The van der Waals surface area contributed by atoms with Gasteiger partial charge in [-0.1, -0.05) is 11.6 Å². The first-order valence-electron chi connectivity index (χ1n) is 8.88. The SMILES string of the molecule is CS(=O)(=O)c1cc(OC[C@H]2CC[C@@H](C(=O)N3CCC[C@H]3C#N)N2)ccc1Cl. The largest absolute Gasteiger partial charge is 0.492 e. The highest BCUT2D eigenvalue weighted by atomic mass is 35.5. The molecule has 1 aromatic rings. The van der Waals surface area contributed by atoms with E-state index in [4.69, 9.17) is 21.6 Å². The number of ether oxygens (including phenoxy) is 1. The van der Waals surface area contributed by atoms with Crippen LogP contribution in [0.25, 0.3) is 0 Å². The second-order valence-electron chi connectivity index (χ2n) is 6.99. The molecule has 1 N–H and O–H groups in total. The van der Waals surface area contributed by atoms with Crippen molar-refractivity contribution in [3.05, 3.63) is 23.2 Å². The molecule has 3 atom stereocenters.